The fraction of sp³-hybridized carbons (Fsp3) is 0.677. The number of hydrogen-bond acceptors (Lipinski definition) is 15. The zero-order valence-corrected chi connectivity index (χ0v) is 26.9. The highest BCUT2D eigenvalue weighted by Crippen LogP contribution is 2.63. The van der Waals surface area contributed by atoms with E-state index in [0.29, 0.717) is 5.57 Å². The van der Waals surface area contributed by atoms with Gasteiger partial charge in [0.2, 0.25) is 0 Å². The Hall–Kier alpha value is -3.82. The Morgan fingerprint density at radius 2 is 1.39 bits per heavy atom. The summed E-state index contributed by atoms with van der Waals surface area (Å²) in [4.78, 5) is 76.5. The smallest absolute Gasteiger partial charge is 0.312 e. The van der Waals surface area contributed by atoms with Crippen molar-refractivity contribution >= 4 is 35.8 Å². The topological polar surface area (TPSA) is 200 Å². The molecule has 4 aliphatic rings. The third-order valence-electron chi connectivity index (χ3n) is 9.12. The van der Waals surface area contributed by atoms with Crippen LogP contribution in [-0.2, 0) is 66.7 Å². The van der Waals surface area contributed by atoms with Crippen molar-refractivity contribution in [3.05, 3.63) is 23.8 Å². The quantitative estimate of drug-likeness (QED) is 0.226. The first-order chi connectivity index (χ1) is 21.4. The number of hydrogen-bond donors (Lipinski definition) is 1. The molecule has 2 heterocycles. The van der Waals surface area contributed by atoms with Crippen molar-refractivity contribution in [3.63, 3.8) is 0 Å². The Kier molecular flexibility index (Phi) is 9.72. The molecule has 2 saturated heterocycles. The highest BCUT2D eigenvalue weighted by atomic mass is 16.7. The van der Waals surface area contributed by atoms with Gasteiger partial charge in [-0.1, -0.05) is 13.0 Å². The van der Waals surface area contributed by atoms with Crippen molar-refractivity contribution in [3.8, 4) is 0 Å². The first kappa shape index (κ1) is 35.0. The standard InChI is InChI=1S/C31H40O15/c1-14-28(37)46-22-11-20(12-39-8)9-10-21(41-15(2)32)29(7)24(27(31(14,22)38)45-19(6)36)30(13-40-30)26(44-18(5)35)23(42-16(3)33)25(29)43-17(4)34/h9-11,14,21-27,38H,12-13H2,1-8H3. The van der Waals surface area contributed by atoms with Gasteiger partial charge in [-0.2, -0.15) is 0 Å². The zero-order valence-electron chi connectivity index (χ0n) is 26.9. The van der Waals surface area contributed by atoms with Crippen LogP contribution in [0.1, 0.15) is 48.5 Å². The normalized spacial score (nSPS) is 39.5. The van der Waals surface area contributed by atoms with E-state index in [1.54, 1.807) is 0 Å². The number of carbonyl (C=O) groups is 6. The highest BCUT2D eigenvalue weighted by Gasteiger charge is 2.81. The van der Waals surface area contributed by atoms with E-state index in [9.17, 15) is 33.9 Å². The first-order valence-electron chi connectivity index (χ1n) is 14.7. The number of aliphatic hydroxyl groups is 1. The fourth-order valence-electron chi connectivity index (χ4n) is 7.27. The first-order valence-corrected chi connectivity index (χ1v) is 14.7. The van der Waals surface area contributed by atoms with E-state index in [1.807, 2.05) is 0 Å². The summed E-state index contributed by atoms with van der Waals surface area (Å²) in [5, 5.41) is 12.7. The second-order valence-corrected chi connectivity index (χ2v) is 12.3. The van der Waals surface area contributed by atoms with Gasteiger partial charge in [-0.25, -0.2) is 0 Å². The lowest BCUT2D eigenvalue weighted by atomic mass is 9.51. The summed E-state index contributed by atoms with van der Waals surface area (Å²) in [7, 11) is 1.41. The van der Waals surface area contributed by atoms with E-state index in [2.05, 4.69) is 0 Å². The van der Waals surface area contributed by atoms with Crippen LogP contribution in [0.5, 0.6) is 0 Å². The van der Waals surface area contributed by atoms with Crippen LogP contribution in [-0.4, -0.2) is 109 Å². The molecule has 11 unspecified atom stereocenters. The van der Waals surface area contributed by atoms with Crippen LogP contribution in [0.3, 0.4) is 0 Å². The summed E-state index contributed by atoms with van der Waals surface area (Å²) in [6.45, 7) is 8.20. The fourth-order valence-corrected chi connectivity index (χ4v) is 7.27. The molecule has 4 rings (SSSR count). The number of carbonyl (C=O) groups excluding carboxylic acids is 6. The maximum Gasteiger partial charge on any atom is 0.312 e. The number of fused-ring (bicyclic) bond motifs is 3. The molecule has 0 amide bonds. The Balaban J connectivity index is 2.17. The van der Waals surface area contributed by atoms with Gasteiger partial charge in [0.25, 0.3) is 0 Å². The lowest BCUT2D eigenvalue weighted by Crippen LogP contribution is -2.76. The van der Waals surface area contributed by atoms with Crippen LogP contribution in [0.15, 0.2) is 23.8 Å². The van der Waals surface area contributed by atoms with Gasteiger partial charge < -0.3 is 43.0 Å². The number of methoxy groups -OCH3 is 1. The van der Waals surface area contributed by atoms with E-state index in [4.69, 9.17) is 37.9 Å². The molecule has 1 N–H and O–H groups in total. The zero-order chi connectivity index (χ0) is 34.4. The van der Waals surface area contributed by atoms with Crippen molar-refractivity contribution in [2.45, 2.75) is 96.3 Å². The van der Waals surface area contributed by atoms with Crippen LogP contribution < -0.4 is 0 Å². The van der Waals surface area contributed by atoms with Gasteiger partial charge in [0.05, 0.1) is 24.5 Å². The molecule has 1 saturated carbocycles. The molecular formula is C31H40O15. The molecule has 0 aromatic heterocycles. The lowest BCUT2D eigenvalue weighted by molar-refractivity contribution is -0.279. The third kappa shape index (κ3) is 6.02. The second-order valence-electron chi connectivity index (χ2n) is 12.3. The molecule has 46 heavy (non-hydrogen) atoms. The molecule has 0 aromatic carbocycles. The van der Waals surface area contributed by atoms with Gasteiger partial charge in [-0.3, -0.25) is 28.8 Å². The molecule has 15 heteroatoms. The molecule has 3 fully saturated rings. The van der Waals surface area contributed by atoms with Crippen molar-refractivity contribution in [1.29, 1.82) is 0 Å². The average molecular weight is 653 g/mol. The highest BCUT2D eigenvalue weighted by molar-refractivity contribution is 5.78. The minimum atomic E-state index is -2.33. The summed E-state index contributed by atoms with van der Waals surface area (Å²) in [5.74, 6) is -7.67. The maximum atomic E-state index is 13.2. The number of epoxide rings is 1. The van der Waals surface area contributed by atoms with Crippen LogP contribution in [0.25, 0.3) is 0 Å². The van der Waals surface area contributed by atoms with E-state index >= 15 is 0 Å². The Morgan fingerprint density at radius 1 is 0.870 bits per heavy atom. The molecular weight excluding hydrogens is 612 g/mol. The van der Waals surface area contributed by atoms with Crippen LogP contribution in [0.2, 0.25) is 0 Å². The third-order valence-corrected chi connectivity index (χ3v) is 9.12. The molecule has 2 aliphatic heterocycles. The van der Waals surface area contributed by atoms with Crippen molar-refractivity contribution in [2.24, 2.45) is 17.3 Å². The molecule has 11 atom stereocenters. The average Bonchev–Trinajstić information content (AvgIpc) is 3.69. The predicted octanol–water partition coefficient (Wildman–Crippen LogP) is 0.485. The predicted molar refractivity (Wildman–Crippen MR) is 151 cm³/mol. The van der Waals surface area contributed by atoms with Gasteiger partial charge in [0, 0.05) is 47.6 Å². The number of ether oxygens (including phenoxy) is 8. The summed E-state index contributed by atoms with van der Waals surface area (Å²) in [5.41, 5.74) is -5.45. The monoisotopic (exact) mass is 652 g/mol. The summed E-state index contributed by atoms with van der Waals surface area (Å²) in [6, 6.07) is 0. The van der Waals surface area contributed by atoms with E-state index in [-0.39, 0.29) is 13.2 Å². The molecule has 0 bridgehead atoms. The van der Waals surface area contributed by atoms with Crippen molar-refractivity contribution in [1.82, 2.24) is 0 Å². The molecule has 2 aliphatic carbocycles. The van der Waals surface area contributed by atoms with Gasteiger partial charge >= 0.3 is 35.8 Å². The number of esters is 6. The Bertz CT molecular complexity index is 1350. The van der Waals surface area contributed by atoms with Crippen molar-refractivity contribution in [2.75, 3.05) is 20.3 Å². The lowest BCUT2D eigenvalue weighted by Gasteiger charge is -2.59. The molecule has 0 aromatic rings. The summed E-state index contributed by atoms with van der Waals surface area (Å²) < 4.78 is 46.1. The van der Waals surface area contributed by atoms with Gasteiger partial charge in [0.1, 0.15) is 17.8 Å². The second kappa shape index (κ2) is 12.8. The van der Waals surface area contributed by atoms with Gasteiger partial charge in [0.15, 0.2) is 30.0 Å². The number of rotatable bonds is 7. The van der Waals surface area contributed by atoms with Crippen molar-refractivity contribution < 1.29 is 71.8 Å². The van der Waals surface area contributed by atoms with E-state index in [0.717, 1.165) is 34.6 Å². The molecule has 254 valence electrons. The minimum absolute atomic E-state index is 0.0504. The Morgan fingerprint density at radius 3 is 1.89 bits per heavy atom. The molecule has 15 nitrogen and oxygen atoms in total. The summed E-state index contributed by atoms with van der Waals surface area (Å²) in [6.07, 6.45) is -4.71. The Labute approximate surface area is 265 Å². The van der Waals surface area contributed by atoms with E-state index in [1.165, 1.54) is 39.2 Å². The van der Waals surface area contributed by atoms with Gasteiger partial charge in [-0.05, 0) is 24.6 Å². The molecule has 0 radical (unpaired) electrons. The van der Waals surface area contributed by atoms with Crippen LogP contribution >= 0.6 is 0 Å². The largest absolute Gasteiger partial charge is 0.459 e. The van der Waals surface area contributed by atoms with Crippen LogP contribution in [0, 0.1) is 17.3 Å². The maximum absolute atomic E-state index is 13.2. The van der Waals surface area contributed by atoms with Crippen LogP contribution in [0.4, 0.5) is 0 Å². The summed E-state index contributed by atoms with van der Waals surface area (Å²) >= 11 is 0. The molecule has 1 spiro atoms. The SMILES string of the molecule is COCC1=CC2OC(=O)C(C)C2(O)C(OC(C)=O)C2C3(CO3)C(OC(C)=O)C(OC(C)=O)C(OC(C)=O)C2(C)C(OC(C)=O)C=C1. The van der Waals surface area contributed by atoms with Gasteiger partial charge in [-0.15, -0.1) is 0 Å². The van der Waals surface area contributed by atoms with E-state index < -0.39 is 101 Å². The minimum Gasteiger partial charge on any atom is -0.459 e.